The maximum Gasteiger partial charge on any atom is 0.254 e. The molecule has 2 aromatic rings. The smallest absolute Gasteiger partial charge is 0.254 e. The van der Waals surface area contributed by atoms with Crippen molar-refractivity contribution in [2.45, 2.75) is 25.7 Å². The summed E-state index contributed by atoms with van der Waals surface area (Å²) in [7, 11) is 0. The minimum absolute atomic E-state index is 0.0155. The fourth-order valence-electron chi connectivity index (χ4n) is 3.07. The van der Waals surface area contributed by atoms with Gasteiger partial charge in [0.25, 0.3) is 5.91 Å². The van der Waals surface area contributed by atoms with Crippen LogP contribution in [0.1, 0.15) is 41.7 Å². The topological polar surface area (TPSA) is 93.6 Å². The third-order valence-corrected chi connectivity index (χ3v) is 4.19. The van der Waals surface area contributed by atoms with Gasteiger partial charge in [-0.2, -0.15) is 5.10 Å². The van der Waals surface area contributed by atoms with Crippen molar-refractivity contribution in [3.05, 3.63) is 41.9 Å². The third-order valence-electron chi connectivity index (χ3n) is 4.19. The first-order valence-corrected chi connectivity index (χ1v) is 7.56. The van der Waals surface area contributed by atoms with Gasteiger partial charge in [0.1, 0.15) is 5.56 Å². The first-order chi connectivity index (χ1) is 11.0. The second kappa shape index (κ2) is 5.83. The summed E-state index contributed by atoms with van der Waals surface area (Å²) in [5.74, 6) is -0.427. The van der Waals surface area contributed by atoms with Crippen LogP contribution in [0, 0.1) is 0 Å². The number of amides is 2. The van der Waals surface area contributed by atoms with Crippen molar-refractivity contribution in [2.24, 2.45) is 5.73 Å². The van der Waals surface area contributed by atoms with E-state index in [0.717, 1.165) is 25.1 Å². The lowest BCUT2D eigenvalue weighted by atomic mass is 9.94. The molecule has 0 aromatic carbocycles. The van der Waals surface area contributed by atoms with Crippen LogP contribution in [0.4, 0.5) is 0 Å². The monoisotopic (exact) mass is 313 g/mol. The predicted octanol–water partition coefficient (Wildman–Crippen LogP) is 1.11. The molecule has 120 valence electrons. The van der Waals surface area contributed by atoms with E-state index >= 15 is 0 Å². The lowest BCUT2D eigenvalue weighted by Gasteiger charge is -2.33. The number of aromatic nitrogens is 3. The summed E-state index contributed by atoms with van der Waals surface area (Å²) in [5.41, 5.74) is 7.59. The molecule has 1 unspecified atom stereocenters. The van der Waals surface area contributed by atoms with E-state index in [2.05, 4.69) is 16.7 Å². The Morgan fingerprint density at radius 2 is 2.22 bits per heavy atom. The van der Waals surface area contributed by atoms with E-state index in [-0.39, 0.29) is 11.8 Å². The molecule has 1 fully saturated rings. The van der Waals surface area contributed by atoms with E-state index < -0.39 is 5.91 Å². The summed E-state index contributed by atoms with van der Waals surface area (Å²) < 4.78 is 1.65. The average Bonchev–Trinajstić information content (AvgIpc) is 2.98. The van der Waals surface area contributed by atoms with Crippen molar-refractivity contribution >= 4 is 17.5 Å². The van der Waals surface area contributed by atoms with Crippen LogP contribution in [-0.2, 0) is 4.79 Å². The van der Waals surface area contributed by atoms with Crippen molar-refractivity contribution in [2.75, 3.05) is 13.1 Å². The largest absolute Gasteiger partial charge is 0.365 e. The fraction of sp³-hybridized carbons (Fsp3) is 0.375. The molecule has 1 atom stereocenters. The predicted molar refractivity (Wildman–Crippen MR) is 84.9 cm³/mol. The highest BCUT2D eigenvalue weighted by Gasteiger charge is 2.27. The minimum Gasteiger partial charge on any atom is -0.365 e. The second-order valence-electron chi connectivity index (χ2n) is 5.90. The van der Waals surface area contributed by atoms with Gasteiger partial charge in [-0.25, -0.2) is 9.50 Å². The van der Waals surface area contributed by atoms with E-state index in [1.54, 1.807) is 17.6 Å². The van der Waals surface area contributed by atoms with Crippen LogP contribution in [0.5, 0.6) is 0 Å². The first kappa shape index (κ1) is 15.2. The Kier molecular flexibility index (Phi) is 3.85. The lowest BCUT2D eigenvalue weighted by Crippen LogP contribution is -2.39. The van der Waals surface area contributed by atoms with Crippen LogP contribution in [0.2, 0.25) is 0 Å². The van der Waals surface area contributed by atoms with Gasteiger partial charge < -0.3 is 10.6 Å². The molecule has 3 rings (SSSR count). The van der Waals surface area contributed by atoms with Crippen LogP contribution in [0.25, 0.3) is 5.65 Å². The lowest BCUT2D eigenvalue weighted by molar-refractivity contribution is -0.128. The normalized spacial score (nSPS) is 18.1. The molecule has 0 saturated carbocycles. The number of rotatable bonds is 3. The Balaban J connectivity index is 1.95. The van der Waals surface area contributed by atoms with Crippen LogP contribution in [0.3, 0.4) is 0 Å². The third kappa shape index (κ3) is 2.69. The molecule has 0 radical (unpaired) electrons. The fourth-order valence-corrected chi connectivity index (χ4v) is 3.07. The highest BCUT2D eigenvalue weighted by molar-refractivity contribution is 5.98. The number of primary amides is 1. The summed E-state index contributed by atoms with van der Waals surface area (Å²) in [6, 6.07) is 1.88. The SMILES string of the molecule is C=C(C)C(=O)N1CCCC(c2ccnc3c(C(N)=O)cnn23)C1. The number of nitrogens with two attached hydrogens (primary N) is 1. The number of nitrogens with zero attached hydrogens (tertiary/aromatic N) is 4. The van der Waals surface area contributed by atoms with Crippen molar-refractivity contribution < 1.29 is 9.59 Å². The minimum atomic E-state index is -0.549. The van der Waals surface area contributed by atoms with Gasteiger partial charge in [0.15, 0.2) is 5.65 Å². The van der Waals surface area contributed by atoms with Crippen molar-refractivity contribution in [1.29, 1.82) is 0 Å². The van der Waals surface area contributed by atoms with Crippen LogP contribution in [-0.4, -0.2) is 44.4 Å². The number of piperidine rings is 1. The molecule has 0 spiro atoms. The van der Waals surface area contributed by atoms with E-state index in [4.69, 9.17) is 5.73 Å². The van der Waals surface area contributed by atoms with Gasteiger partial charge in [-0.1, -0.05) is 6.58 Å². The molecular formula is C16H19N5O2. The number of carbonyl (C=O) groups excluding carboxylic acids is 2. The molecule has 2 amide bonds. The zero-order valence-electron chi connectivity index (χ0n) is 13.0. The van der Waals surface area contributed by atoms with Gasteiger partial charge in [-0.05, 0) is 25.8 Å². The molecule has 23 heavy (non-hydrogen) atoms. The maximum absolute atomic E-state index is 12.2. The van der Waals surface area contributed by atoms with Crippen molar-refractivity contribution in [3.63, 3.8) is 0 Å². The molecule has 2 aromatic heterocycles. The summed E-state index contributed by atoms with van der Waals surface area (Å²) in [5, 5.41) is 4.25. The molecular weight excluding hydrogens is 294 g/mol. The van der Waals surface area contributed by atoms with Gasteiger partial charge in [0, 0.05) is 30.8 Å². The van der Waals surface area contributed by atoms with Crippen molar-refractivity contribution in [3.8, 4) is 0 Å². The highest BCUT2D eigenvalue weighted by Crippen LogP contribution is 2.28. The second-order valence-corrected chi connectivity index (χ2v) is 5.90. The van der Waals surface area contributed by atoms with E-state index in [1.165, 1.54) is 6.20 Å². The van der Waals surface area contributed by atoms with E-state index in [9.17, 15) is 9.59 Å². The molecule has 0 aliphatic carbocycles. The molecule has 1 saturated heterocycles. The molecule has 7 heteroatoms. The van der Waals surface area contributed by atoms with Gasteiger partial charge in [0.05, 0.1) is 11.9 Å². The van der Waals surface area contributed by atoms with Crippen LogP contribution >= 0.6 is 0 Å². The molecule has 2 N–H and O–H groups in total. The molecule has 3 heterocycles. The highest BCUT2D eigenvalue weighted by atomic mass is 16.2. The van der Waals surface area contributed by atoms with E-state index in [1.807, 2.05) is 11.0 Å². The number of hydrogen-bond acceptors (Lipinski definition) is 4. The quantitative estimate of drug-likeness (QED) is 0.859. The zero-order chi connectivity index (χ0) is 16.6. The Labute approximate surface area is 133 Å². The van der Waals surface area contributed by atoms with Gasteiger partial charge in [-0.15, -0.1) is 0 Å². The summed E-state index contributed by atoms with van der Waals surface area (Å²) in [4.78, 5) is 29.6. The maximum atomic E-state index is 12.2. The molecule has 1 aliphatic rings. The standard InChI is InChI=1S/C16H19N5O2/c1-10(2)16(23)20-7-3-4-11(9-20)13-5-6-18-15-12(14(17)22)8-19-21(13)15/h5-6,8,11H,1,3-4,7,9H2,2H3,(H2,17,22). The summed E-state index contributed by atoms with van der Waals surface area (Å²) in [6.07, 6.45) is 4.95. The average molecular weight is 313 g/mol. The van der Waals surface area contributed by atoms with Crippen molar-refractivity contribution in [1.82, 2.24) is 19.5 Å². The molecule has 7 nitrogen and oxygen atoms in total. The van der Waals surface area contributed by atoms with Gasteiger partial charge >= 0.3 is 0 Å². The molecule has 0 bridgehead atoms. The zero-order valence-corrected chi connectivity index (χ0v) is 13.0. The Hall–Kier alpha value is -2.70. The number of likely N-dealkylation sites (tertiary alicyclic amines) is 1. The van der Waals surface area contributed by atoms with Gasteiger partial charge in [-0.3, -0.25) is 9.59 Å². The van der Waals surface area contributed by atoms with Crippen LogP contribution < -0.4 is 5.73 Å². The number of carbonyl (C=O) groups is 2. The molecule has 1 aliphatic heterocycles. The summed E-state index contributed by atoms with van der Waals surface area (Å²) in [6.45, 7) is 6.80. The first-order valence-electron chi connectivity index (χ1n) is 7.56. The van der Waals surface area contributed by atoms with Gasteiger partial charge in [0.2, 0.25) is 5.91 Å². The number of hydrogen-bond donors (Lipinski definition) is 1. The van der Waals surface area contributed by atoms with Crippen LogP contribution in [0.15, 0.2) is 30.6 Å². The Bertz CT molecular complexity index is 795. The Morgan fingerprint density at radius 1 is 1.43 bits per heavy atom. The summed E-state index contributed by atoms with van der Waals surface area (Å²) >= 11 is 0. The van der Waals surface area contributed by atoms with E-state index in [0.29, 0.717) is 23.3 Å². The Morgan fingerprint density at radius 3 is 2.91 bits per heavy atom. The number of fused-ring (bicyclic) bond motifs is 1.